The molecule has 0 aliphatic rings. The highest BCUT2D eigenvalue weighted by atomic mass is 16.5. The molecule has 0 aromatic rings. The lowest BCUT2D eigenvalue weighted by Gasteiger charge is -2.02. The minimum absolute atomic E-state index is 0.0414. The van der Waals surface area contributed by atoms with Crippen LogP contribution in [0.5, 0.6) is 0 Å². The van der Waals surface area contributed by atoms with Crippen LogP contribution in [0.1, 0.15) is 19.8 Å². The summed E-state index contributed by atoms with van der Waals surface area (Å²) in [5, 5.41) is 2.71. The van der Waals surface area contributed by atoms with Crippen LogP contribution < -0.4 is 5.32 Å². The monoisotopic (exact) mass is 158 g/mol. The Bertz CT molecular complexity index is 104. The van der Waals surface area contributed by atoms with Gasteiger partial charge in [-0.05, 0) is 12.8 Å². The summed E-state index contributed by atoms with van der Waals surface area (Å²) in [4.78, 5) is 10.8. The SMILES string of the molecule is [CH2]CCOCC(=O)NCCC. The van der Waals surface area contributed by atoms with Crippen molar-refractivity contribution < 1.29 is 9.53 Å². The Morgan fingerprint density at radius 3 is 2.91 bits per heavy atom. The van der Waals surface area contributed by atoms with Crippen molar-refractivity contribution >= 4 is 5.91 Å². The van der Waals surface area contributed by atoms with E-state index in [9.17, 15) is 4.79 Å². The fraction of sp³-hybridized carbons (Fsp3) is 0.750. The average Bonchev–Trinajstić information content (AvgIpc) is 2.01. The van der Waals surface area contributed by atoms with Crippen LogP contribution in [0.15, 0.2) is 0 Å². The second-order valence-corrected chi connectivity index (χ2v) is 2.26. The molecule has 0 unspecified atom stereocenters. The van der Waals surface area contributed by atoms with Crippen molar-refractivity contribution in [3.05, 3.63) is 6.92 Å². The van der Waals surface area contributed by atoms with E-state index in [0.29, 0.717) is 13.0 Å². The summed E-state index contributed by atoms with van der Waals surface area (Å²) in [6.07, 6.45) is 1.67. The molecule has 0 saturated carbocycles. The number of rotatable bonds is 6. The highest BCUT2D eigenvalue weighted by molar-refractivity contribution is 5.77. The van der Waals surface area contributed by atoms with E-state index in [4.69, 9.17) is 4.74 Å². The molecule has 0 rings (SSSR count). The van der Waals surface area contributed by atoms with Crippen LogP contribution in [-0.4, -0.2) is 25.7 Å². The van der Waals surface area contributed by atoms with Crippen LogP contribution in [0.3, 0.4) is 0 Å². The molecule has 65 valence electrons. The molecule has 1 amide bonds. The van der Waals surface area contributed by atoms with Gasteiger partial charge in [0.2, 0.25) is 5.91 Å². The first-order valence-corrected chi connectivity index (χ1v) is 3.95. The molecule has 1 radical (unpaired) electrons. The molecule has 0 bridgehead atoms. The van der Waals surface area contributed by atoms with Crippen molar-refractivity contribution in [3.8, 4) is 0 Å². The molecule has 0 fully saturated rings. The first kappa shape index (κ1) is 10.4. The first-order chi connectivity index (χ1) is 5.31. The fourth-order valence-corrected chi connectivity index (χ4v) is 0.582. The van der Waals surface area contributed by atoms with Crippen LogP contribution in [0.4, 0.5) is 0 Å². The van der Waals surface area contributed by atoms with Gasteiger partial charge in [-0.25, -0.2) is 0 Å². The highest BCUT2D eigenvalue weighted by Gasteiger charge is 1.97. The molecule has 0 atom stereocenters. The maximum atomic E-state index is 10.8. The number of ether oxygens (including phenoxy) is 1. The third kappa shape index (κ3) is 7.33. The molecule has 0 aliphatic carbocycles. The number of hydrogen-bond donors (Lipinski definition) is 1. The molecule has 0 aromatic heterocycles. The molecule has 0 spiro atoms. The van der Waals surface area contributed by atoms with E-state index in [1.165, 1.54) is 0 Å². The molecule has 0 heterocycles. The summed E-state index contributed by atoms with van der Waals surface area (Å²) in [6, 6.07) is 0. The molecule has 0 aliphatic heterocycles. The number of carbonyl (C=O) groups is 1. The van der Waals surface area contributed by atoms with Gasteiger partial charge in [0.25, 0.3) is 0 Å². The largest absolute Gasteiger partial charge is 0.372 e. The van der Waals surface area contributed by atoms with Crippen LogP contribution in [0.2, 0.25) is 0 Å². The van der Waals surface area contributed by atoms with Crippen LogP contribution >= 0.6 is 0 Å². The van der Waals surface area contributed by atoms with Crippen molar-refractivity contribution in [2.45, 2.75) is 19.8 Å². The van der Waals surface area contributed by atoms with Gasteiger partial charge < -0.3 is 10.1 Å². The van der Waals surface area contributed by atoms with E-state index >= 15 is 0 Å². The lowest BCUT2D eigenvalue weighted by Crippen LogP contribution is -2.28. The molecular weight excluding hydrogens is 142 g/mol. The minimum Gasteiger partial charge on any atom is -0.372 e. The molecule has 11 heavy (non-hydrogen) atoms. The van der Waals surface area contributed by atoms with Crippen molar-refractivity contribution in [1.82, 2.24) is 5.32 Å². The van der Waals surface area contributed by atoms with Crippen molar-refractivity contribution in [1.29, 1.82) is 0 Å². The Labute approximate surface area is 68.1 Å². The molecule has 3 nitrogen and oxygen atoms in total. The van der Waals surface area contributed by atoms with Crippen molar-refractivity contribution in [2.24, 2.45) is 0 Å². The number of carbonyl (C=O) groups excluding carboxylic acids is 1. The van der Waals surface area contributed by atoms with Crippen molar-refractivity contribution in [3.63, 3.8) is 0 Å². The molecular formula is C8H16NO2. The summed E-state index contributed by atoms with van der Waals surface area (Å²) in [5.74, 6) is -0.0414. The van der Waals surface area contributed by atoms with E-state index in [2.05, 4.69) is 12.2 Å². The van der Waals surface area contributed by atoms with E-state index in [-0.39, 0.29) is 12.5 Å². The summed E-state index contributed by atoms with van der Waals surface area (Å²) in [6.45, 7) is 7.05. The Hall–Kier alpha value is -0.570. The summed E-state index contributed by atoms with van der Waals surface area (Å²) in [7, 11) is 0. The van der Waals surface area contributed by atoms with Crippen LogP contribution in [-0.2, 0) is 9.53 Å². The minimum atomic E-state index is -0.0414. The van der Waals surface area contributed by atoms with Gasteiger partial charge in [-0.15, -0.1) is 0 Å². The fourth-order valence-electron chi connectivity index (χ4n) is 0.582. The van der Waals surface area contributed by atoms with Gasteiger partial charge in [0, 0.05) is 13.2 Å². The maximum absolute atomic E-state index is 10.8. The second-order valence-electron chi connectivity index (χ2n) is 2.26. The summed E-state index contributed by atoms with van der Waals surface area (Å²) in [5.41, 5.74) is 0. The highest BCUT2D eigenvalue weighted by Crippen LogP contribution is 1.79. The predicted octanol–water partition coefficient (Wildman–Crippen LogP) is 0.753. The average molecular weight is 158 g/mol. The Morgan fingerprint density at radius 1 is 1.64 bits per heavy atom. The zero-order valence-corrected chi connectivity index (χ0v) is 7.06. The van der Waals surface area contributed by atoms with Gasteiger partial charge in [0.15, 0.2) is 0 Å². The van der Waals surface area contributed by atoms with E-state index < -0.39 is 0 Å². The molecule has 3 heteroatoms. The normalized spacial score (nSPS) is 9.64. The summed E-state index contributed by atoms with van der Waals surface area (Å²) < 4.78 is 4.97. The Morgan fingerprint density at radius 2 is 2.36 bits per heavy atom. The smallest absolute Gasteiger partial charge is 0.245 e. The standard InChI is InChI=1S/C8H16NO2/c1-3-5-9-8(10)7-11-6-4-2/h2-7H2,1H3,(H,9,10). The molecule has 1 N–H and O–H groups in total. The lowest BCUT2D eigenvalue weighted by molar-refractivity contribution is -0.125. The first-order valence-electron chi connectivity index (χ1n) is 3.95. The van der Waals surface area contributed by atoms with Gasteiger partial charge in [-0.1, -0.05) is 13.8 Å². The predicted molar refractivity (Wildman–Crippen MR) is 44.1 cm³/mol. The Balaban J connectivity index is 3.09. The van der Waals surface area contributed by atoms with Gasteiger partial charge >= 0.3 is 0 Å². The topological polar surface area (TPSA) is 38.3 Å². The summed E-state index contributed by atoms with van der Waals surface area (Å²) >= 11 is 0. The third-order valence-corrected chi connectivity index (χ3v) is 1.09. The van der Waals surface area contributed by atoms with E-state index in [1.54, 1.807) is 0 Å². The number of nitrogens with one attached hydrogen (secondary N) is 1. The number of amides is 1. The van der Waals surface area contributed by atoms with Crippen molar-refractivity contribution in [2.75, 3.05) is 19.8 Å². The van der Waals surface area contributed by atoms with Crippen LogP contribution in [0.25, 0.3) is 0 Å². The van der Waals surface area contributed by atoms with Gasteiger partial charge in [0.1, 0.15) is 6.61 Å². The van der Waals surface area contributed by atoms with E-state index in [1.807, 2.05) is 6.92 Å². The maximum Gasteiger partial charge on any atom is 0.245 e. The van der Waals surface area contributed by atoms with Gasteiger partial charge in [-0.3, -0.25) is 4.79 Å². The third-order valence-electron chi connectivity index (χ3n) is 1.09. The number of hydrogen-bond acceptors (Lipinski definition) is 2. The van der Waals surface area contributed by atoms with E-state index in [0.717, 1.165) is 13.0 Å². The Kier molecular flexibility index (Phi) is 7.15. The molecule has 0 saturated heterocycles. The molecule has 0 aromatic carbocycles. The van der Waals surface area contributed by atoms with Gasteiger partial charge in [-0.2, -0.15) is 0 Å². The zero-order valence-electron chi connectivity index (χ0n) is 7.06. The lowest BCUT2D eigenvalue weighted by atomic mass is 10.4. The zero-order chi connectivity index (χ0) is 8.53. The second kappa shape index (κ2) is 7.54. The quantitative estimate of drug-likeness (QED) is 0.579. The van der Waals surface area contributed by atoms with Gasteiger partial charge in [0.05, 0.1) is 0 Å². The van der Waals surface area contributed by atoms with Crippen LogP contribution in [0, 0.1) is 6.92 Å².